The first-order valence-electron chi connectivity index (χ1n) is 5.80. The largest absolute Gasteiger partial charge is 0.481 e. The molecule has 0 bridgehead atoms. The SMILES string of the molecule is CC(C)C(C)N(C)c1nc(CCC(=O)O)cs1. The van der Waals surface area contributed by atoms with E-state index in [4.69, 9.17) is 5.11 Å². The molecule has 0 aliphatic heterocycles. The Hall–Kier alpha value is -1.10. The zero-order valence-electron chi connectivity index (χ0n) is 10.8. The van der Waals surface area contributed by atoms with E-state index in [2.05, 4.69) is 30.7 Å². The summed E-state index contributed by atoms with van der Waals surface area (Å²) in [6, 6.07) is 0.425. The van der Waals surface area contributed by atoms with E-state index in [-0.39, 0.29) is 6.42 Å². The van der Waals surface area contributed by atoms with Gasteiger partial charge in [-0.25, -0.2) is 4.98 Å². The highest BCUT2D eigenvalue weighted by Gasteiger charge is 2.16. The Morgan fingerprint density at radius 2 is 2.18 bits per heavy atom. The molecule has 0 amide bonds. The second-order valence-corrected chi connectivity index (χ2v) is 5.45. The lowest BCUT2D eigenvalue weighted by atomic mass is 10.1. The van der Waals surface area contributed by atoms with Crippen LogP contribution in [0.15, 0.2) is 5.38 Å². The maximum atomic E-state index is 10.5. The average Bonchev–Trinajstić information content (AvgIpc) is 2.72. The summed E-state index contributed by atoms with van der Waals surface area (Å²) in [6.45, 7) is 6.53. The van der Waals surface area contributed by atoms with Crippen molar-refractivity contribution in [2.24, 2.45) is 5.92 Å². The van der Waals surface area contributed by atoms with E-state index >= 15 is 0 Å². The molecule has 0 radical (unpaired) electrons. The van der Waals surface area contributed by atoms with Crippen LogP contribution >= 0.6 is 11.3 Å². The van der Waals surface area contributed by atoms with Crippen molar-refractivity contribution in [3.05, 3.63) is 11.1 Å². The Balaban J connectivity index is 2.64. The lowest BCUT2D eigenvalue weighted by Gasteiger charge is -2.27. The number of aryl methyl sites for hydroxylation is 1. The lowest BCUT2D eigenvalue weighted by Crippen LogP contribution is -2.33. The highest BCUT2D eigenvalue weighted by molar-refractivity contribution is 7.13. The molecule has 1 heterocycles. The number of carboxylic acid groups (broad SMARTS) is 1. The summed E-state index contributed by atoms with van der Waals surface area (Å²) in [5.41, 5.74) is 0.871. The Morgan fingerprint density at radius 3 is 2.71 bits per heavy atom. The molecule has 0 aliphatic rings. The summed E-state index contributed by atoms with van der Waals surface area (Å²) in [6.07, 6.45) is 0.655. The molecule has 1 rings (SSSR count). The van der Waals surface area contributed by atoms with Gasteiger partial charge in [0.05, 0.1) is 12.1 Å². The van der Waals surface area contributed by atoms with Gasteiger partial charge in [-0.2, -0.15) is 0 Å². The minimum absolute atomic E-state index is 0.145. The van der Waals surface area contributed by atoms with Gasteiger partial charge in [-0.05, 0) is 12.8 Å². The molecule has 96 valence electrons. The number of anilines is 1. The number of carboxylic acids is 1. The fourth-order valence-electron chi connectivity index (χ4n) is 1.43. The summed E-state index contributed by atoms with van der Waals surface area (Å²) in [5, 5.41) is 11.5. The van der Waals surface area contributed by atoms with E-state index in [0.29, 0.717) is 18.4 Å². The van der Waals surface area contributed by atoms with Gasteiger partial charge in [0.2, 0.25) is 0 Å². The molecule has 0 saturated carbocycles. The average molecular weight is 256 g/mol. The van der Waals surface area contributed by atoms with Gasteiger partial charge in [0.1, 0.15) is 0 Å². The monoisotopic (exact) mass is 256 g/mol. The first-order valence-corrected chi connectivity index (χ1v) is 6.68. The van der Waals surface area contributed by atoms with Gasteiger partial charge < -0.3 is 10.0 Å². The lowest BCUT2D eigenvalue weighted by molar-refractivity contribution is -0.136. The number of hydrogen-bond donors (Lipinski definition) is 1. The van der Waals surface area contributed by atoms with Gasteiger partial charge in [0.15, 0.2) is 5.13 Å². The third kappa shape index (κ3) is 4.00. The van der Waals surface area contributed by atoms with Crippen molar-refractivity contribution < 1.29 is 9.90 Å². The number of thiazole rings is 1. The van der Waals surface area contributed by atoms with Crippen LogP contribution in [0.3, 0.4) is 0 Å². The molecular formula is C12H20N2O2S. The first-order chi connectivity index (χ1) is 7.91. The Kier molecular flexibility index (Phi) is 4.93. The number of carbonyl (C=O) groups is 1. The van der Waals surface area contributed by atoms with Crippen molar-refractivity contribution in [2.45, 2.75) is 39.7 Å². The van der Waals surface area contributed by atoms with Gasteiger partial charge >= 0.3 is 5.97 Å². The van der Waals surface area contributed by atoms with E-state index in [9.17, 15) is 4.79 Å². The summed E-state index contributed by atoms with van der Waals surface area (Å²) in [4.78, 5) is 17.1. The van der Waals surface area contributed by atoms with Crippen molar-refractivity contribution in [1.29, 1.82) is 0 Å². The quantitative estimate of drug-likeness (QED) is 0.850. The smallest absolute Gasteiger partial charge is 0.303 e. The van der Waals surface area contributed by atoms with Crippen molar-refractivity contribution in [1.82, 2.24) is 4.98 Å². The summed E-state index contributed by atoms with van der Waals surface area (Å²) >= 11 is 1.58. The van der Waals surface area contributed by atoms with E-state index in [1.807, 2.05) is 12.4 Å². The van der Waals surface area contributed by atoms with E-state index in [0.717, 1.165) is 10.8 Å². The molecule has 0 aliphatic carbocycles. The molecule has 4 nitrogen and oxygen atoms in total. The maximum Gasteiger partial charge on any atom is 0.303 e. The molecule has 0 saturated heterocycles. The fourth-order valence-corrected chi connectivity index (χ4v) is 2.34. The van der Waals surface area contributed by atoms with Crippen LogP contribution < -0.4 is 4.90 Å². The van der Waals surface area contributed by atoms with E-state index in [1.54, 1.807) is 11.3 Å². The molecular weight excluding hydrogens is 236 g/mol. The zero-order valence-corrected chi connectivity index (χ0v) is 11.6. The fraction of sp³-hybridized carbons (Fsp3) is 0.667. The summed E-state index contributed by atoms with van der Waals surface area (Å²) in [7, 11) is 2.03. The van der Waals surface area contributed by atoms with Crippen LogP contribution in [0.1, 0.15) is 32.9 Å². The Morgan fingerprint density at radius 1 is 1.53 bits per heavy atom. The highest BCUT2D eigenvalue weighted by Crippen LogP contribution is 2.24. The minimum Gasteiger partial charge on any atom is -0.481 e. The third-order valence-corrected chi connectivity index (χ3v) is 3.99. The van der Waals surface area contributed by atoms with Crippen LogP contribution in [-0.4, -0.2) is 29.1 Å². The van der Waals surface area contributed by atoms with Gasteiger partial charge in [-0.1, -0.05) is 13.8 Å². The number of nitrogens with zero attached hydrogens (tertiary/aromatic N) is 2. The van der Waals surface area contributed by atoms with E-state index in [1.165, 1.54) is 0 Å². The normalized spacial score (nSPS) is 12.8. The van der Waals surface area contributed by atoms with Crippen molar-refractivity contribution in [3.63, 3.8) is 0 Å². The van der Waals surface area contributed by atoms with Crippen molar-refractivity contribution in [3.8, 4) is 0 Å². The first kappa shape index (κ1) is 14.0. The molecule has 0 fully saturated rings. The van der Waals surface area contributed by atoms with Gasteiger partial charge in [-0.15, -0.1) is 11.3 Å². The van der Waals surface area contributed by atoms with Crippen LogP contribution in [0.25, 0.3) is 0 Å². The second kappa shape index (κ2) is 6.00. The van der Waals surface area contributed by atoms with Crippen LogP contribution in [0.2, 0.25) is 0 Å². The minimum atomic E-state index is -0.775. The number of aromatic nitrogens is 1. The molecule has 1 atom stereocenters. The molecule has 0 aromatic carbocycles. The predicted octanol–water partition coefficient (Wildman–Crippen LogP) is 2.64. The number of aliphatic carboxylic acids is 1. The summed E-state index contributed by atoms with van der Waals surface area (Å²) in [5.74, 6) is -0.213. The number of rotatable bonds is 6. The van der Waals surface area contributed by atoms with Crippen LogP contribution in [0, 0.1) is 5.92 Å². The molecule has 1 aromatic rings. The zero-order chi connectivity index (χ0) is 13.0. The molecule has 1 unspecified atom stereocenters. The molecule has 0 spiro atoms. The molecule has 5 heteroatoms. The van der Waals surface area contributed by atoms with Crippen LogP contribution in [0.4, 0.5) is 5.13 Å². The maximum absolute atomic E-state index is 10.5. The van der Waals surface area contributed by atoms with Gasteiger partial charge in [0, 0.05) is 24.9 Å². The Bertz CT molecular complexity index is 376. The number of hydrogen-bond acceptors (Lipinski definition) is 4. The van der Waals surface area contributed by atoms with Gasteiger partial charge in [-0.3, -0.25) is 4.79 Å². The Labute approximate surface area is 106 Å². The predicted molar refractivity (Wildman–Crippen MR) is 70.8 cm³/mol. The molecule has 1 aromatic heterocycles. The van der Waals surface area contributed by atoms with E-state index < -0.39 is 5.97 Å². The highest BCUT2D eigenvalue weighted by atomic mass is 32.1. The van der Waals surface area contributed by atoms with Crippen LogP contribution in [0.5, 0.6) is 0 Å². The van der Waals surface area contributed by atoms with Crippen LogP contribution in [-0.2, 0) is 11.2 Å². The van der Waals surface area contributed by atoms with Crippen molar-refractivity contribution >= 4 is 22.4 Å². The second-order valence-electron chi connectivity index (χ2n) is 4.61. The standard InChI is InChI=1S/C12H20N2O2S/c1-8(2)9(3)14(4)12-13-10(7-17-12)5-6-11(15)16/h7-9H,5-6H2,1-4H3,(H,15,16). The van der Waals surface area contributed by atoms with Crippen molar-refractivity contribution in [2.75, 3.05) is 11.9 Å². The molecule has 1 N–H and O–H groups in total. The summed E-state index contributed by atoms with van der Waals surface area (Å²) < 4.78 is 0. The topological polar surface area (TPSA) is 53.4 Å². The third-order valence-electron chi connectivity index (χ3n) is 3.01. The van der Waals surface area contributed by atoms with Gasteiger partial charge in [0.25, 0.3) is 0 Å². The molecule has 17 heavy (non-hydrogen) atoms.